The van der Waals surface area contributed by atoms with Crippen LogP contribution in [0.2, 0.25) is 0 Å². The average molecular weight is 317 g/mol. The monoisotopic (exact) mass is 317 g/mol. The zero-order valence-electron chi connectivity index (χ0n) is 13.5. The van der Waals surface area contributed by atoms with Crippen molar-refractivity contribution in [2.75, 3.05) is 6.54 Å². The molecule has 1 aliphatic carbocycles. The quantitative estimate of drug-likeness (QED) is 0.903. The average Bonchev–Trinajstić information content (AvgIpc) is 3.23. The van der Waals surface area contributed by atoms with Crippen molar-refractivity contribution in [1.29, 1.82) is 0 Å². The van der Waals surface area contributed by atoms with E-state index in [2.05, 4.69) is 30.9 Å². The molecule has 1 fully saturated rings. The normalized spacial score (nSPS) is 20.3. The molecule has 2 aliphatic rings. The van der Waals surface area contributed by atoms with E-state index in [1.54, 1.807) is 0 Å². The highest BCUT2D eigenvalue weighted by Gasteiger charge is 2.33. The van der Waals surface area contributed by atoms with E-state index in [9.17, 15) is 5.11 Å². The third-order valence-electron chi connectivity index (χ3n) is 4.66. The first-order valence-corrected chi connectivity index (χ1v) is 8.51. The Morgan fingerprint density at radius 1 is 1.39 bits per heavy atom. The predicted molar refractivity (Wildman–Crippen MR) is 82.3 cm³/mol. The fraction of sp³-hybridized carbons (Fsp3) is 0.688. The van der Waals surface area contributed by atoms with Crippen LogP contribution in [0.25, 0.3) is 0 Å². The Morgan fingerprint density at radius 2 is 2.26 bits per heavy atom. The summed E-state index contributed by atoms with van der Waals surface area (Å²) in [6.45, 7) is 5.39. The lowest BCUT2D eigenvalue weighted by Crippen LogP contribution is -2.23. The molecule has 1 N–H and O–H groups in total. The second-order valence-corrected chi connectivity index (χ2v) is 6.59. The van der Waals surface area contributed by atoms with Gasteiger partial charge in [-0.15, -0.1) is 0 Å². The van der Waals surface area contributed by atoms with Gasteiger partial charge in [0.2, 0.25) is 5.89 Å². The molecule has 1 saturated carbocycles. The van der Waals surface area contributed by atoms with Gasteiger partial charge in [-0.05, 0) is 31.2 Å². The lowest BCUT2D eigenvalue weighted by atomic mass is 10.1. The van der Waals surface area contributed by atoms with Crippen LogP contribution in [0.15, 0.2) is 10.6 Å². The van der Waals surface area contributed by atoms with Gasteiger partial charge >= 0.3 is 0 Å². The Labute approximate surface area is 135 Å². The second kappa shape index (κ2) is 6.05. The van der Waals surface area contributed by atoms with Crippen LogP contribution in [-0.2, 0) is 26.1 Å². The van der Waals surface area contributed by atoms with Crippen molar-refractivity contribution in [3.8, 4) is 0 Å². The molecule has 23 heavy (non-hydrogen) atoms. The summed E-state index contributed by atoms with van der Waals surface area (Å²) >= 11 is 0. The van der Waals surface area contributed by atoms with Crippen LogP contribution in [0, 0.1) is 5.92 Å². The standard InChI is InChI=1S/C16H23N5O2/c1-2-15-17-14(19-23-15)10-20-6-3-7-21-12(9-20)8-13(18-21)16(22)11-4-5-11/h8,11,16,22H,2-7,9-10H2,1H3/t16-/m0/s1. The smallest absolute Gasteiger partial charge is 0.226 e. The van der Waals surface area contributed by atoms with Gasteiger partial charge in [0.25, 0.3) is 0 Å². The van der Waals surface area contributed by atoms with Gasteiger partial charge < -0.3 is 9.63 Å². The Kier molecular flexibility index (Phi) is 3.90. The molecule has 0 radical (unpaired) electrons. The molecule has 0 amide bonds. The first-order chi connectivity index (χ1) is 11.2. The molecule has 0 aromatic carbocycles. The number of hydrogen-bond acceptors (Lipinski definition) is 6. The molecule has 7 heteroatoms. The predicted octanol–water partition coefficient (Wildman–Crippen LogP) is 1.68. The van der Waals surface area contributed by atoms with Crippen LogP contribution >= 0.6 is 0 Å². The van der Waals surface area contributed by atoms with Gasteiger partial charge in [0.05, 0.1) is 17.9 Å². The number of nitrogens with zero attached hydrogens (tertiary/aromatic N) is 5. The summed E-state index contributed by atoms with van der Waals surface area (Å²) < 4.78 is 7.24. The lowest BCUT2D eigenvalue weighted by molar-refractivity contribution is 0.148. The van der Waals surface area contributed by atoms with Gasteiger partial charge in [0.1, 0.15) is 6.10 Å². The molecule has 124 valence electrons. The summed E-state index contributed by atoms with van der Waals surface area (Å²) in [5, 5.41) is 19.0. The number of aliphatic hydroxyl groups excluding tert-OH is 1. The zero-order chi connectivity index (χ0) is 15.8. The number of aryl methyl sites for hydroxylation is 2. The molecule has 1 aliphatic heterocycles. The van der Waals surface area contributed by atoms with Gasteiger partial charge in [-0.25, -0.2) is 0 Å². The lowest BCUT2D eigenvalue weighted by Gasteiger charge is -2.16. The summed E-state index contributed by atoms with van der Waals surface area (Å²) in [6.07, 6.45) is 3.64. The van der Waals surface area contributed by atoms with Crippen LogP contribution in [0.5, 0.6) is 0 Å². The summed E-state index contributed by atoms with van der Waals surface area (Å²) in [7, 11) is 0. The van der Waals surface area contributed by atoms with Crippen molar-refractivity contribution in [3.05, 3.63) is 29.2 Å². The highest BCUT2D eigenvalue weighted by molar-refractivity contribution is 5.15. The van der Waals surface area contributed by atoms with Crippen LogP contribution in [0.3, 0.4) is 0 Å². The van der Waals surface area contributed by atoms with Crippen LogP contribution in [-0.4, -0.2) is 36.5 Å². The van der Waals surface area contributed by atoms with Crippen molar-refractivity contribution < 1.29 is 9.63 Å². The van der Waals surface area contributed by atoms with Crippen molar-refractivity contribution in [2.45, 2.75) is 58.3 Å². The fourth-order valence-corrected chi connectivity index (χ4v) is 3.18. The minimum atomic E-state index is -0.396. The molecule has 0 bridgehead atoms. The molecule has 0 spiro atoms. The van der Waals surface area contributed by atoms with Crippen LogP contribution in [0.1, 0.15) is 55.4 Å². The van der Waals surface area contributed by atoms with Crippen molar-refractivity contribution >= 4 is 0 Å². The minimum Gasteiger partial charge on any atom is -0.386 e. The number of hydrogen-bond donors (Lipinski definition) is 1. The second-order valence-electron chi connectivity index (χ2n) is 6.59. The van der Waals surface area contributed by atoms with E-state index < -0.39 is 6.10 Å². The summed E-state index contributed by atoms with van der Waals surface area (Å²) in [5.74, 6) is 1.85. The Bertz CT molecular complexity index is 676. The zero-order valence-corrected chi connectivity index (χ0v) is 13.5. The Morgan fingerprint density at radius 3 is 3.00 bits per heavy atom. The van der Waals surface area contributed by atoms with Gasteiger partial charge in [-0.1, -0.05) is 12.1 Å². The molecule has 2 aromatic rings. The van der Waals surface area contributed by atoms with Crippen LogP contribution < -0.4 is 0 Å². The maximum absolute atomic E-state index is 10.3. The van der Waals surface area contributed by atoms with E-state index in [-0.39, 0.29) is 0 Å². The van der Waals surface area contributed by atoms with E-state index in [0.717, 1.165) is 62.5 Å². The molecule has 1 atom stereocenters. The van der Waals surface area contributed by atoms with Gasteiger partial charge in [-0.3, -0.25) is 9.58 Å². The van der Waals surface area contributed by atoms with Gasteiger partial charge in [0.15, 0.2) is 5.82 Å². The molecule has 0 unspecified atom stereocenters. The molecular formula is C16H23N5O2. The summed E-state index contributed by atoms with van der Waals surface area (Å²) in [5.41, 5.74) is 1.99. The number of fused-ring (bicyclic) bond motifs is 1. The van der Waals surface area contributed by atoms with E-state index in [0.29, 0.717) is 18.4 Å². The van der Waals surface area contributed by atoms with Crippen molar-refractivity contribution in [2.24, 2.45) is 5.92 Å². The van der Waals surface area contributed by atoms with E-state index in [1.165, 1.54) is 0 Å². The number of aliphatic hydroxyl groups is 1. The van der Waals surface area contributed by atoms with E-state index in [1.807, 2.05) is 6.92 Å². The molecule has 2 aromatic heterocycles. The topological polar surface area (TPSA) is 80.2 Å². The number of aromatic nitrogens is 4. The first-order valence-electron chi connectivity index (χ1n) is 8.51. The largest absolute Gasteiger partial charge is 0.386 e. The van der Waals surface area contributed by atoms with Crippen molar-refractivity contribution in [1.82, 2.24) is 24.8 Å². The molecular weight excluding hydrogens is 294 g/mol. The summed E-state index contributed by atoms with van der Waals surface area (Å²) in [4.78, 5) is 6.71. The minimum absolute atomic E-state index is 0.396. The van der Waals surface area contributed by atoms with Crippen LogP contribution in [0.4, 0.5) is 0 Å². The highest BCUT2D eigenvalue weighted by Crippen LogP contribution is 2.40. The maximum Gasteiger partial charge on any atom is 0.226 e. The van der Waals surface area contributed by atoms with Crippen molar-refractivity contribution in [3.63, 3.8) is 0 Å². The molecule has 0 saturated heterocycles. The Hall–Kier alpha value is -1.73. The van der Waals surface area contributed by atoms with E-state index in [4.69, 9.17) is 4.52 Å². The molecule has 4 rings (SSSR count). The fourth-order valence-electron chi connectivity index (χ4n) is 3.18. The number of rotatable bonds is 5. The third kappa shape index (κ3) is 3.16. The first kappa shape index (κ1) is 14.8. The highest BCUT2D eigenvalue weighted by atomic mass is 16.5. The van der Waals surface area contributed by atoms with E-state index >= 15 is 0 Å². The Balaban J connectivity index is 1.47. The van der Waals surface area contributed by atoms with Gasteiger partial charge in [0, 0.05) is 26.1 Å². The summed E-state index contributed by atoms with van der Waals surface area (Å²) in [6, 6.07) is 2.06. The van der Waals surface area contributed by atoms with Gasteiger partial charge in [-0.2, -0.15) is 10.1 Å². The molecule has 3 heterocycles. The third-order valence-corrected chi connectivity index (χ3v) is 4.66. The molecule has 7 nitrogen and oxygen atoms in total. The SMILES string of the molecule is CCc1nc(CN2CCCn3nc([C@@H](O)C4CC4)cc3C2)no1. The maximum atomic E-state index is 10.3.